The van der Waals surface area contributed by atoms with Gasteiger partial charge in [0.1, 0.15) is 0 Å². The maximum Gasteiger partial charge on any atom is 0.313 e. The van der Waals surface area contributed by atoms with E-state index in [2.05, 4.69) is 16.0 Å². The maximum atomic E-state index is 12.5. The molecule has 1 aliphatic carbocycles. The topological polar surface area (TPSA) is 90.5 Å². The number of rotatable bonds is 6. The fourth-order valence-corrected chi connectivity index (χ4v) is 2.78. The van der Waals surface area contributed by atoms with E-state index in [4.69, 9.17) is 0 Å². The Labute approximate surface area is 148 Å². The Hall–Kier alpha value is -2.41. The number of para-hydroxylation sites is 1. The molecule has 7 nitrogen and oxygen atoms in total. The number of benzene rings is 1. The molecule has 1 saturated carbocycles. The van der Waals surface area contributed by atoms with E-state index in [0.29, 0.717) is 24.3 Å². The van der Waals surface area contributed by atoms with E-state index in [-0.39, 0.29) is 11.9 Å². The van der Waals surface area contributed by atoms with Gasteiger partial charge in [-0.3, -0.25) is 14.4 Å². The SMILES string of the molecule is CN(C)CCNC(=O)C(=O)Nc1ccccc1C(=O)NC1CCCC1. The third kappa shape index (κ3) is 5.86. The average molecular weight is 346 g/mol. The second-order valence-electron chi connectivity index (χ2n) is 6.51. The zero-order chi connectivity index (χ0) is 18.2. The van der Waals surface area contributed by atoms with Crippen LogP contribution in [-0.4, -0.2) is 55.8 Å². The number of nitrogens with one attached hydrogen (secondary N) is 3. The fourth-order valence-electron chi connectivity index (χ4n) is 2.78. The normalized spacial score (nSPS) is 14.4. The molecular weight excluding hydrogens is 320 g/mol. The van der Waals surface area contributed by atoms with Crippen LogP contribution < -0.4 is 16.0 Å². The molecule has 0 spiro atoms. The van der Waals surface area contributed by atoms with Crippen molar-refractivity contribution in [2.24, 2.45) is 0 Å². The van der Waals surface area contributed by atoms with Gasteiger partial charge in [-0.1, -0.05) is 25.0 Å². The van der Waals surface area contributed by atoms with Crippen molar-refractivity contribution < 1.29 is 14.4 Å². The number of carbonyl (C=O) groups excluding carboxylic acids is 3. The summed E-state index contributed by atoms with van der Waals surface area (Å²) in [7, 11) is 3.76. The molecule has 0 aliphatic heterocycles. The standard InChI is InChI=1S/C18H26N4O3/c1-22(2)12-11-19-17(24)18(25)21-15-10-6-5-9-14(15)16(23)20-13-7-3-4-8-13/h5-6,9-10,13H,3-4,7-8,11-12H2,1-2H3,(H,19,24)(H,20,23)(H,21,25). The van der Waals surface area contributed by atoms with Crippen LogP contribution in [-0.2, 0) is 9.59 Å². The Bertz CT molecular complexity index is 625. The van der Waals surface area contributed by atoms with Crippen molar-refractivity contribution in [2.75, 3.05) is 32.5 Å². The quantitative estimate of drug-likeness (QED) is 0.670. The minimum atomic E-state index is -0.778. The van der Waals surface area contributed by atoms with Crippen molar-refractivity contribution in [1.29, 1.82) is 0 Å². The van der Waals surface area contributed by atoms with Crippen LogP contribution in [0.2, 0.25) is 0 Å². The van der Waals surface area contributed by atoms with Gasteiger partial charge in [-0.05, 0) is 39.1 Å². The molecule has 0 heterocycles. The molecule has 1 aromatic rings. The van der Waals surface area contributed by atoms with Crippen LogP contribution in [0.15, 0.2) is 24.3 Å². The largest absolute Gasteiger partial charge is 0.349 e. The molecule has 1 aromatic carbocycles. The number of hydrogen-bond donors (Lipinski definition) is 3. The lowest BCUT2D eigenvalue weighted by Crippen LogP contribution is -2.39. The van der Waals surface area contributed by atoms with E-state index < -0.39 is 11.8 Å². The molecule has 0 unspecified atom stereocenters. The second kappa shape index (κ2) is 9.17. The van der Waals surface area contributed by atoms with E-state index >= 15 is 0 Å². The molecule has 0 saturated heterocycles. The molecule has 1 fully saturated rings. The Balaban J connectivity index is 1.95. The summed E-state index contributed by atoms with van der Waals surface area (Å²) in [6, 6.07) is 6.89. The Morgan fingerprint density at radius 3 is 2.44 bits per heavy atom. The van der Waals surface area contributed by atoms with Gasteiger partial charge in [-0.15, -0.1) is 0 Å². The van der Waals surface area contributed by atoms with Crippen molar-refractivity contribution in [1.82, 2.24) is 15.5 Å². The minimum absolute atomic E-state index is 0.186. The van der Waals surface area contributed by atoms with Gasteiger partial charge in [0.25, 0.3) is 5.91 Å². The van der Waals surface area contributed by atoms with Crippen molar-refractivity contribution in [3.8, 4) is 0 Å². The molecule has 3 amide bonds. The first-order chi connectivity index (χ1) is 12.0. The second-order valence-corrected chi connectivity index (χ2v) is 6.51. The van der Waals surface area contributed by atoms with Gasteiger partial charge in [0.15, 0.2) is 0 Å². The summed E-state index contributed by atoms with van der Waals surface area (Å²) in [6.45, 7) is 1.02. The number of anilines is 1. The first-order valence-electron chi connectivity index (χ1n) is 8.61. The highest BCUT2D eigenvalue weighted by molar-refractivity contribution is 6.40. The molecule has 25 heavy (non-hydrogen) atoms. The monoisotopic (exact) mass is 346 g/mol. The van der Waals surface area contributed by atoms with Gasteiger partial charge >= 0.3 is 11.8 Å². The zero-order valence-corrected chi connectivity index (χ0v) is 14.8. The summed E-state index contributed by atoms with van der Waals surface area (Å²) in [5.41, 5.74) is 0.703. The Kier molecular flexibility index (Phi) is 6.94. The number of carbonyl (C=O) groups is 3. The van der Waals surface area contributed by atoms with Gasteiger partial charge in [-0.25, -0.2) is 0 Å². The lowest BCUT2D eigenvalue weighted by atomic mass is 10.1. The Morgan fingerprint density at radius 1 is 1.08 bits per heavy atom. The van der Waals surface area contributed by atoms with Crippen molar-refractivity contribution >= 4 is 23.4 Å². The van der Waals surface area contributed by atoms with E-state index in [1.54, 1.807) is 24.3 Å². The number of amides is 3. The molecule has 0 atom stereocenters. The molecule has 0 aromatic heterocycles. The fraction of sp³-hybridized carbons (Fsp3) is 0.500. The van der Waals surface area contributed by atoms with Crippen molar-refractivity contribution in [3.63, 3.8) is 0 Å². The first kappa shape index (κ1) is 18.9. The lowest BCUT2D eigenvalue weighted by molar-refractivity contribution is -0.136. The first-order valence-corrected chi connectivity index (χ1v) is 8.61. The molecule has 3 N–H and O–H groups in total. The van der Waals surface area contributed by atoms with Crippen molar-refractivity contribution in [3.05, 3.63) is 29.8 Å². The van der Waals surface area contributed by atoms with Gasteiger partial charge in [0, 0.05) is 19.1 Å². The highest BCUT2D eigenvalue weighted by atomic mass is 16.2. The summed E-state index contributed by atoms with van der Waals surface area (Å²) in [5, 5.41) is 8.07. The summed E-state index contributed by atoms with van der Waals surface area (Å²) in [6.07, 6.45) is 4.20. The molecule has 0 bridgehead atoms. The highest BCUT2D eigenvalue weighted by Gasteiger charge is 2.21. The predicted molar refractivity (Wildman–Crippen MR) is 96.4 cm³/mol. The van der Waals surface area contributed by atoms with Crippen LogP contribution in [0.4, 0.5) is 5.69 Å². The zero-order valence-electron chi connectivity index (χ0n) is 14.8. The molecular formula is C18H26N4O3. The van der Waals surface area contributed by atoms with Gasteiger partial charge < -0.3 is 20.9 Å². The van der Waals surface area contributed by atoms with Crippen LogP contribution >= 0.6 is 0 Å². The molecule has 7 heteroatoms. The van der Waals surface area contributed by atoms with Crippen LogP contribution in [0.5, 0.6) is 0 Å². The van der Waals surface area contributed by atoms with Crippen LogP contribution in [0, 0.1) is 0 Å². The molecule has 1 aliphatic rings. The van der Waals surface area contributed by atoms with Gasteiger partial charge in [-0.2, -0.15) is 0 Å². The number of nitrogens with zero attached hydrogens (tertiary/aromatic N) is 1. The lowest BCUT2D eigenvalue weighted by Gasteiger charge is -2.15. The van der Waals surface area contributed by atoms with E-state index in [0.717, 1.165) is 25.7 Å². The molecule has 136 valence electrons. The van der Waals surface area contributed by atoms with E-state index in [1.807, 2.05) is 19.0 Å². The summed E-state index contributed by atoms with van der Waals surface area (Å²) in [5.74, 6) is -1.72. The highest BCUT2D eigenvalue weighted by Crippen LogP contribution is 2.20. The van der Waals surface area contributed by atoms with Gasteiger partial charge in [0.05, 0.1) is 11.3 Å². The summed E-state index contributed by atoms with van der Waals surface area (Å²) in [4.78, 5) is 38.2. The van der Waals surface area contributed by atoms with E-state index in [9.17, 15) is 14.4 Å². The van der Waals surface area contributed by atoms with E-state index in [1.165, 1.54) is 0 Å². The third-order valence-corrected chi connectivity index (χ3v) is 4.16. The average Bonchev–Trinajstić information content (AvgIpc) is 3.07. The van der Waals surface area contributed by atoms with Crippen LogP contribution in [0.25, 0.3) is 0 Å². The summed E-state index contributed by atoms with van der Waals surface area (Å²) < 4.78 is 0. The molecule has 0 radical (unpaired) electrons. The smallest absolute Gasteiger partial charge is 0.313 e. The predicted octanol–water partition coefficient (Wildman–Crippen LogP) is 0.975. The maximum absolute atomic E-state index is 12.5. The minimum Gasteiger partial charge on any atom is -0.349 e. The summed E-state index contributed by atoms with van der Waals surface area (Å²) >= 11 is 0. The van der Waals surface area contributed by atoms with Crippen LogP contribution in [0.1, 0.15) is 36.0 Å². The van der Waals surface area contributed by atoms with Crippen LogP contribution in [0.3, 0.4) is 0 Å². The number of hydrogen-bond acceptors (Lipinski definition) is 4. The molecule has 2 rings (SSSR count). The van der Waals surface area contributed by atoms with Crippen molar-refractivity contribution in [2.45, 2.75) is 31.7 Å². The Morgan fingerprint density at radius 2 is 1.76 bits per heavy atom. The third-order valence-electron chi connectivity index (χ3n) is 4.16. The number of likely N-dealkylation sites (N-methyl/N-ethyl adjacent to an activating group) is 1. The van der Waals surface area contributed by atoms with Gasteiger partial charge in [0.2, 0.25) is 0 Å².